The molecule has 1 aliphatic heterocycles. The zero-order valence-electron chi connectivity index (χ0n) is 13.4. The fourth-order valence-electron chi connectivity index (χ4n) is 2.48. The number of nitrogens with zero attached hydrogens (tertiary/aromatic N) is 1. The average molecular weight is 384 g/mol. The second-order valence-corrected chi connectivity index (χ2v) is 6.12. The second kappa shape index (κ2) is 11.3. The molecule has 2 rings (SSSR count). The van der Waals surface area contributed by atoms with Gasteiger partial charge in [-0.1, -0.05) is 23.2 Å². The van der Waals surface area contributed by atoms with Crippen LogP contribution in [0.25, 0.3) is 0 Å². The highest BCUT2D eigenvalue weighted by atomic mass is 35.5. The van der Waals surface area contributed by atoms with Crippen LogP contribution in [0.1, 0.15) is 18.9 Å². The summed E-state index contributed by atoms with van der Waals surface area (Å²) in [4.78, 5) is 2.44. The van der Waals surface area contributed by atoms with Crippen molar-refractivity contribution in [1.82, 2.24) is 10.2 Å². The molecule has 0 radical (unpaired) electrons. The summed E-state index contributed by atoms with van der Waals surface area (Å²) in [6.07, 6.45) is 1.12. The molecule has 7 heteroatoms. The fourth-order valence-corrected chi connectivity index (χ4v) is 3.12. The molecule has 0 atom stereocenters. The molecule has 1 saturated heterocycles. The van der Waals surface area contributed by atoms with Crippen molar-refractivity contribution in [2.24, 2.45) is 0 Å². The van der Waals surface area contributed by atoms with Gasteiger partial charge in [-0.2, -0.15) is 0 Å². The van der Waals surface area contributed by atoms with Crippen molar-refractivity contribution < 1.29 is 9.47 Å². The van der Waals surface area contributed by atoms with Gasteiger partial charge in [-0.3, -0.25) is 4.90 Å². The minimum absolute atomic E-state index is 0. The number of halogens is 3. The lowest BCUT2D eigenvalue weighted by Gasteiger charge is -2.26. The smallest absolute Gasteiger partial charge is 0.156 e. The van der Waals surface area contributed by atoms with E-state index in [1.807, 2.05) is 19.1 Å². The number of hydrogen-bond donors (Lipinski definition) is 1. The maximum atomic E-state index is 6.20. The van der Waals surface area contributed by atoms with Crippen LogP contribution in [0.15, 0.2) is 12.1 Å². The number of ether oxygens (including phenoxy) is 2. The summed E-state index contributed by atoms with van der Waals surface area (Å²) in [6, 6.07) is 3.82. The van der Waals surface area contributed by atoms with Crippen molar-refractivity contribution in [3.05, 3.63) is 27.7 Å². The zero-order chi connectivity index (χ0) is 15.8. The normalized spacial score (nSPS) is 15.3. The standard InChI is InChI=1S/C16H24Cl2N2O2.ClH/c1-2-22-16-14(17)10-13(11-15(16)18)12-19-4-3-5-20-6-8-21-9-7-20;/h10-11,19H,2-9,12H2,1H3;1H. The van der Waals surface area contributed by atoms with Crippen LogP contribution in [0.2, 0.25) is 10.0 Å². The topological polar surface area (TPSA) is 33.7 Å². The van der Waals surface area contributed by atoms with Crippen LogP contribution in [0.3, 0.4) is 0 Å². The third kappa shape index (κ3) is 7.04. The largest absolute Gasteiger partial charge is 0.491 e. The van der Waals surface area contributed by atoms with E-state index in [1.165, 1.54) is 0 Å². The van der Waals surface area contributed by atoms with Crippen LogP contribution >= 0.6 is 35.6 Å². The average Bonchev–Trinajstić information content (AvgIpc) is 2.52. The zero-order valence-corrected chi connectivity index (χ0v) is 15.8. The second-order valence-electron chi connectivity index (χ2n) is 5.31. The van der Waals surface area contributed by atoms with Gasteiger partial charge in [-0.15, -0.1) is 12.4 Å². The summed E-state index contributed by atoms with van der Waals surface area (Å²) >= 11 is 12.4. The maximum absolute atomic E-state index is 6.20. The molecular weight excluding hydrogens is 359 g/mol. The van der Waals surface area contributed by atoms with Gasteiger partial charge in [0.25, 0.3) is 0 Å². The Hall–Kier alpha value is -0.230. The molecule has 4 nitrogen and oxygen atoms in total. The Labute approximate surface area is 154 Å². The van der Waals surface area contributed by atoms with Crippen LogP contribution in [-0.2, 0) is 11.3 Å². The molecule has 1 N–H and O–H groups in total. The first-order valence-corrected chi connectivity index (χ1v) is 8.58. The van der Waals surface area contributed by atoms with E-state index < -0.39 is 0 Å². The highest BCUT2D eigenvalue weighted by Gasteiger charge is 2.10. The molecular formula is C16H25Cl3N2O2. The minimum Gasteiger partial charge on any atom is -0.491 e. The predicted molar refractivity (Wildman–Crippen MR) is 98.5 cm³/mol. The lowest BCUT2D eigenvalue weighted by Crippen LogP contribution is -2.37. The van der Waals surface area contributed by atoms with Crippen molar-refractivity contribution in [2.75, 3.05) is 46.0 Å². The van der Waals surface area contributed by atoms with Crippen LogP contribution < -0.4 is 10.1 Å². The molecule has 0 spiro atoms. The van der Waals surface area contributed by atoms with E-state index >= 15 is 0 Å². The van der Waals surface area contributed by atoms with E-state index in [-0.39, 0.29) is 12.4 Å². The summed E-state index contributed by atoms with van der Waals surface area (Å²) in [5.41, 5.74) is 1.07. The molecule has 0 aromatic heterocycles. The molecule has 1 heterocycles. The fraction of sp³-hybridized carbons (Fsp3) is 0.625. The van der Waals surface area contributed by atoms with Gasteiger partial charge in [0.1, 0.15) is 0 Å². The lowest BCUT2D eigenvalue weighted by atomic mass is 10.2. The minimum atomic E-state index is 0. The van der Waals surface area contributed by atoms with Crippen molar-refractivity contribution in [1.29, 1.82) is 0 Å². The van der Waals surface area contributed by atoms with Gasteiger partial charge in [0.05, 0.1) is 29.9 Å². The number of rotatable bonds is 8. The number of nitrogens with one attached hydrogen (secondary N) is 1. The van der Waals surface area contributed by atoms with E-state index in [9.17, 15) is 0 Å². The molecule has 1 aromatic carbocycles. The van der Waals surface area contributed by atoms with Gasteiger partial charge in [-0.05, 0) is 44.1 Å². The Morgan fingerprint density at radius 2 is 1.87 bits per heavy atom. The van der Waals surface area contributed by atoms with Crippen LogP contribution in [-0.4, -0.2) is 50.9 Å². The molecule has 23 heavy (non-hydrogen) atoms. The van der Waals surface area contributed by atoms with Crippen molar-refractivity contribution >= 4 is 35.6 Å². The number of benzene rings is 1. The van der Waals surface area contributed by atoms with Gasteiger partial charge >= 0.3 is 0 Å². The molecule has 0 bridgehead atoms. The SMILES string of the molecule is CCOc1c(Cl)cc(CNCCCN2CCOCC2)cc1Cl.Cl. The van der Waals surface area contributed by atoms with Crippen molar-refractivity contribution in [2.45, 2.75) is 19.9 Å². The van der Waals surface area contributed by atoms with E-state index in [1.54, 1.807) is 0 Å². The number of morpholine rings is 1. The summed E-state index contributed by atoms with van der Waals surface area (Å²) < 4.78 is 10.8. The lowest BCUT2D eigenvalue weighted by molar-refractivity contribution is 0.0374. The van der Waals surface area contributed by atoms with Gasteiger partial charge in [0.15, 0.2) is 5.75 Å². The molecule has 1 fully saturated rings. The van der Waals surface area contributed by atoms with Crippen LogP contribution in [0.5, 0.6) is 5.75 Å². The Morgan fingerprint density at radius 1 is 1.22 bits per heavy atom. The molecule has 1 aliphatic rings. The van der Waals surface area contributed by atoms with Gasteiger partial charge in [0.2, 0.25) is 0 Å². The Kier molecular flexibility index (Phi) is 10.3. The first-order chi connectivity index (χ1) is 10.7. The van der Waals surface area contributed by atoms with E-state index in [0.29, 0.717) is 22.4 Å². The summed E-state index contributed by atoms with van der Waals surface area (Å²) in [5.74, 6) is 0.571. The molecule has 0 aliphatic carbocycles. The summed E-state index contributed by atoms with van der Waals surface area (Å²) in [6.45, 7) is 9.12. The van der Waals surface area contributed by atoms with E-state index in [0.717, 1.165) is 57.9 Å². The predicted octanol–water partition coefficient (Wildman–Crippen LogP) is 3.63. The monoisotopic (exact) mass is 382 g/mol. The molecule has 0 saturated carbocycles. The first kappa shape index (κ1) is 20.8. The van der Waals surface area contributed by atoms with Crippen molar-refractivity contribution in [3.63, 3.8) is 0 Å². The highest BCUT2D eigenvalue weighted by molar-refractivity contribution is 6.37. The third-order valence-corrected chi connectivity index (χ3v) is 4.17. The Balaban J connectivity index is 0.00000264. The molecule has 0 unspecified atom stereocenters. The maximum Gasteiger partial charge on any atom is 0.156 e. The van der Waals surface area contributed by atoms with Crippen LogP contribution in [0, 0.1) is 0 Å². The summed E-state index contributed by atoms with van der Waals surface area (Å²) in [7, 11) is 0. The Morgan fingerprint density at radius 3 is 2.48 bits per heavy atom. The van der Waals surface area contributed by atoms with Crippen LogP contribution in [0.4, 0.5) is 0 Å². The molecule has 132 valence electrons. The first-order valence-electron chi connectivity index (χ1n) is 7.82. The quantitative estimate of drug-likeness (QED) is 0.695. The number of hydrogen-bond acceptors (Lipinski definition) is 4. The third-order valence-electron chi connectivity index (χ3n) is 3.61. The molecule has 0 amide bonds. The highest BCUT2D eigenvalue weighted by Crippen LogP contribution is 2.34. The Bertz CT molecular complexity index is 446. The van der Waals surface area contributed by atoms with E-state index in [2.05, 4.69) is 10.2 Å². The van der Waals surface area contributed by atoms with Gasteiger partial charge < -0.3 is 14.8 Å². The van der Waals surface area contributed by atoms with Gasteiger partial charge in [-0.25, -0.2) is 0 Å². The van der Waals surface area contributed by atoms with E-state index in [4.69, 9.17) is 32.7 Å². The summed E-state index contributed by atoms with van der Waals surface area (Å²) in [5, 5.41) is 4.57. The van der Waals surface area contributed by atoms with Crippen molar-refractivity contribution in [3.8, 4) is 5.75 Å². The van der Waals surface area contributed by atoms with Gasteiger partial charge in [0, 0.05) is 19.6 Å². The molecule has 1 aromatic rings.